The molecule has 0 spiro atoms. The summed E-state index contributed by atoms with van der Waals surface area (Å²) in [7, 11) is 5.60. The van der Waals surface area contributed by atoms with Gasteiger partial charge in [0.1, 0.15) is 0 Å². The molecule has 2 radical (unpaired) electrons. The first-order valence-electron chi connectivity index (χ1n) is 1.83. The average Bonchev–Trinajstić information content (AvgIpc) is 2.14. The van der Waals surface area contributed by atoms with Crippen molar-refractivity contribution in [3.63, 3.8) is 0 Å². The van der Waals surface area contributed by atoms with Gasteiger partial charge in [-0.15, -0.1) is 0 Å². The number of thiophene rings is 1. The molecule has 1 heterocycles. The van der Waals surface area contributed by atoms with Crippen LogP contribution < -0.4 is 3.71 Å². The van der Waals surface area contributed by atoms with Crippen molar-refractivity contribution in [2.75, 3.05) is 0 Å². The van der Waals surface area contributed by atoms with Gasteiger partial charge in [-0.05, 0) is 0 Å². The molecule has 0 fully saturated rings. The van der Waals surface area contributed by atoms with E-state index in [0.717, 1.165) is 0 Å². The minimum absolute atomic E-state index is 0.273. The topological polar surface area (TPSA) is 0 Å². The van der Waals surface area contributed by atoms with E-state index >= 15 is 0 Å². The second-order valence-corrected chi connectivity index (χ2v) is 5.29. The van der Waals surface area contributed by atoms with Crippen molar-refractivity contribution in [1.82, 2.24) is 0 Å². The molecular formula is C4H3ClGeS. The standard InChI is InChI=1S/C4H3ClGeS/c5-6-4-2-1-3-7-4/h1-3H. The molecule has 0 saturated carbocycles. The van der Waals surface area contributed by atoms with Crippen molar-refractivity contribution < 1.29 is 0 Å². The Morgan fingerprint density at radius 3 is 2.86 bits per heavy atom. The van der Waals surface area contributed by atoms with Crippen LogP contribution in [-0.2, 0) is 0 Å². The molecule has 0 aliphatic heterocycles. The zero-order chi connectivity index (χ0) is 5.11. The fourth-order valence-corrected chi connectivity index (χ4v) is 2.90. The Kier molecular flexibility index (Phi) is 2.22. The van der Waals surface area contributed by atoms with E-state index in [1.165, 1.54) is 3.71 Å². The van der Waals surface area contributed by atoms with Crippen molar-refractivity contribution in [2.24, 2.45) is 0 Å². The van der Waals surface area contributed by atoms with Crippen molar-refractivity contribution >= 4 is 39.6 Å². The third kappa shape index (κ3) is 1.48. The fourth-order valence-electron chi connectivity index (χ4n) is 0.332. The van der Waals surface area contributed by atoms with Crippen LogP contribution in [0.3, 0.4) is 0 Å². The van der Waals surface area contributed by atoms with Crippen LogP contribution in [0, 0.1) is 0 Å². The Bertz CT molecular complexity index is 126. The van der Waals surface area contributed by atoms with Crippen molar-refractivity contribution in [3.05, 3.63) is 17.5 Å². The van der Waals surface area contributed by atoms with Gasteiger partial charge in [-0.25, -0.2) is 0 Å². The van der Waals surface area contributed by atoms with Gasteiger partial charge in [-0.1, -0.05) is 0 Å². The Balaban J connectivity index is 2.76. The Morgan fingerprint density at radius 2 is 2.57 bits per heavy atom. The summed E-state index contributed by atoms with van der Waals surface area (Å²) < 4.78 is 1.36. The molecule has 36 valence electrons. The zero-order valence-corrected chi connectivity index (χ0v) is 7.19. The maximum atomic E-state index is 5.60. The number of hydrogen-bond donors (Lipinski definition) is 0. The molecule has 0 bridgehead atoms. The third-order valence-electron chi connectivity index (χ3n) is 0.614. The molecule has 1 aromatic rings. The molecule has 0 aliphatic rings. The molecule has 1 rings (SSSR count). The normalized spacial score (nSPS) is 9.29. The summed E-state index contributed by atoms with van der Waals surface area (Å²) in [6.45, 7) is 0. The molecule has 0 atom stereocenters. The summed E-state index contributed by atoms with van der Waals surface area (Å²) in [4.78, 5) is 0. The average molecular weight is 191 g/mol. The molecule has 0 saturated heterocycles. The molecule has 1 aromatic heterocycles. The van der Waals surface area contributed by atoms with Crippen LogP contribution >= 0.6 is 21.3 Å². The summed E-state index contributed by atoms with van der Waals surface area (Å²) >= 11 is 1.47. The van der Waals surface area contributed by atoms with E-state index in [0.29, 0.717) is 0 Å². The third-order valence-corrected chi connectivity index (χ3v) is 4.95. The summed E-state index contributed by atoms with van der Waals surface area (Å²) in [6.07, 6.45) is 0. The Labute approximate surface area is 57.2 Å². The van der Waals surface area contributed by atoms with Crippen LogP contribution in [0.5, 0.6) is 0 Å². The molecule has 0 unspecified atom stereocenters. The zero-order valence-electron chi connectivity index (χ0n) is 3.52. The van der Waals surface area contributed by atoms with Crippen molar-refractivity contribution in [1.29, 1.82) is 0 Å². The van der Waals surface area contributed by atoms with Crippen LogP contribution in [0.15, 0.2) is 17.5 Å². The predicted octanol–water partition coefficient (Wildman–Crippen LogP) is 1.23. The van der Waals surface area contributed by atoms with Crippen LogP contribution in [0.4, 0.5) is 0 Å². The maximum absolute atomic E-state index is 5.60. The Morgan fingerprint density at radius 1 is 1.71 bits per heavy atom. The van der Waals surface area contributed by atoms with Crippen LogP contribution in [0.2, 0.25) is 0 Å². The molecule has 3 heteroatoms. The fraction of sp³-hybridized carbons (Fsp3) is 0. The Hall–Kier alpha value is 0.533. The van der Waals surface area contributed by atoms with Gasteiger partial charge in [-0.3, -0.25) is 0 Å². The van der Waals surface area contributed by atoms with Gasteiger partial charge in [0.25, 0.3) is 0 Å². The van der Waals surface area contributed by atoms with Crippen molar-refractivity contribution in [3.8, 4) is 0 Å². The first-order valence-corrected chi connectivity index (χ1v) is 6.52. The van der Waals surface area contributed by atoms with E-state index in [4.69, 9.17) is 10.0 Å². The van der Waals surface area contributed by atoms with Crippen LogP contribution in [-0.4, -0.2) is 14.5 Å². The SMILES string of the molecule is [Cl][Ge][c]1cccs1. The number of halogens is 1. The molecular weight excluding hydrogens is 188 g/mol. The second-order valence-electron chi connectivity index (χ2n) is 1.07. The molecule has 0 amide bonds. The van der Waals surface area contributed by atoms with Gasteiger partial charge in [0.2, 0.25) is 0 Å². The van der Waals surface area contributed by atoms with E-state index in [2.05, 4.69) is 11.4 Å². The molecule has 0 aromatic carbocycles. The van der Waals surface area contributed by atoms with Gasteiger partial charge in [0.15, 0.2) is 0 Å². The quantitative estimate of drug-likeness (QED) is 0.586. The summed E-state index contributed by atoms with van der Waals surface area (Å²) in [5.74, 6) is 0. The first kappa shape index (κ1) is 5.67. The van der Waals surface area contributed by atoms with E-state index in [-0.39, 0.29) is 14.5 Å². The monoisotopic (exact) mass is 192 g/mol. The number of hydrogen-bond acceptors (Lipinski definition) is 1. The number of rotatable bonds is 1. The van der Waals surface area contributed by atoms with E-state index in [9.17, 15) is 0 Å². The van der Waals surface area contributed by atoms with Crippen molar-refractivity contribution in [2.45, 2.75) is 0 Å². The van der Waals surface area contributed by atoms with E-state index < -0.39 is 0 Å². The summed E-state index contributed by atoms with van der Waals surface area (Å²) in [5.41, 5.74) is 0. The summed E-state index contributed by atoms with van der Waals surface area (Å²) in [5, 5.41) is 2.06. The first-order chi connectivity index (χ1) is 3.43. The molecule has 0 aliphatic carbocycles. The molecule has 0 nitrogen and oxygen atoms in total. The predicted molar refractivity (Wildman–Crippen MR) is 35.6 cm³/mol. The van der Waals surface area contributed by atoms with Crippen LogP contribution in [0.25, 0.3) is 0 Å². The van der Waals surface area contributed by atoms with Gasteiger partial charge < -0.3 is 0 Å². The van der Waals surface area contributed by atoms with E-state index in [1.807, 2.05) is 6.07 Å². The van der Waals surface area contributed by atoms with Gasteiger partial charge >= 0.3 is 57.1 Å². The van der Waals surface area contributed by atoms with Gasteiger partial charge in [0.05, 0.1) is 0 Å². The van der Waals surface area contributed by atoms with Crippen LogP contribution in [0.1, 0.15) is 0 Å². The van der Waals surface area contributed by atoms with Gasteiger partial charge in [-0.2, -0.15) is 0 Å². The summed E-state index contributed by atoms with van der Waals surface area (Å²) in [6, 6.07) is 4.11. The molecule has 7 heavy (non-hydrogen) atoms. The minimum atomic E-state index is -0.273. The molecule has 0 N–H and O–H groups in total. The second kappa shape index (κ2) is 2.75. The van der Waals surface area contributed by atoms with E-state index in [1.54, 1.807) is 11.3 Å². The van der Waals surface area contributed by atoms with Gasteiger partial charge in [0, 0.05) is 0 Å².